The number of carbonyl (C=O) groups is 2. The second-order valence-electron chi connectivity index (χ2n) is 8.06. The number of anilines is 1. The van der Waals surface area contributed by atoms with Crippen molar-refractivity contribution in [2.24, 2.45) is 15.9 Å². The maximum atomic E-state index is 14.1. The molecule has 6 nitrogen and oxygen atoms in total. The average Bonchev–Trinajstić information content (AvgIpc) is 3.06. The van der Waals surface area contributed by atoms with E-state index in [1.807, 2.05) is 38.1 Å². The second kappa shape index (κ2) is 9.03. The maximum Gasteiger partial charge on any atom is 0.259 e. The van der Waals surface area contributed by atoms with Gasteiger partial charge in [0.1, 0.15) is 17.7 Å². The predicted octanol–water partition coefficient (Wildman–Crippen LogP) is 5.24. The van der Waals surface area contributed by atoms with Crippen LogP contribution in [0.2, 0.25) is 5.02 Å². The number of amides is 2. The minimum Gasteiger partial charge on any atom is -0.323 e. The van der Waals surface area contributed by atoms with Gasteiger partial charge in [-0.3, -0.25) is 14.6 Å². The zero-order chi connectivity index (χ0) is 23.0. The molecule has 2 atom stereocenters. The van der Waals surface area contributed by atoms with Gasteiger partial charge < -0.3 is 5.32 Å². The zero-order valence-corrected chi connectivity index (χ0v) is 19.4. The Kier molecular flexibility index (Phi) is 6.35. The predicted molar refractivity (Wildman–Crippen MR) is 127 cm³/mol. The summed E-state index contributed by atoms with van der Waals surface area (Å²) in [6.07, 6.45) is 0.630. The van der Waals surface area contributed by atoms with Crippen molar-refractivity contribution >= 4 is 57.6 Å². The van der Waals surface area contributed by atoms with Crippen LogP contribution in [0.3, 0.4) is 0 Å². The zero-order valence-electron chi connectivity index (χ0n) is 17.8. The van der Waals surface area contributed by atoms with Gasteiger partial charge in [0.2, 0.25) is 5.91 Å². The molecule has 0 spiro atoms. The number of carbonyl (C=O) groups excluding carboxylic acids is 2. The summed E-state index contributed by atoms with van der Waals surface area (Å²) in [5.74, 6) is -0.317. The van der Waals surface area contributed by atoms with Gasteiger partial charge in [-0.2, -0.15) is 0 Å². The molecule has 0 aliphatic carbocycles. The number of hydrogen-bond acceptors (Lipinski definition) is 5. The second-order valence-corrected chi connectivity index (χ2v) is 9.80. The topological polar surface area (TPSA) is 74.1 Å². The first-order chi connectivity index (χ1) is 15.2. The van der Waals surface area contributed by atoms with E-state index in [-0.39, 0.29) is 16.6 Å². The monoisotopic (exact) mass is 472 g/mol. The van der Waals surface area contributed by atoms with Crippen LogP contribution in [0.25, 0.3) is 0 Å². The summed E-state index contributed by atoms with van der Waals surface area (Å²) in [5, 5.41) is 2.55. The Morgan fingerprint density at radius 3 is 2.72 bits per heavy atom. The van der Waals surface area contributed by atoms with Crippen LogP contribution in [0.5, 0.6) is 0 Å². The van der Waals surface area contributed by atoms with Crippen molar-refractivity contribution in [1.29, 1.82) is 0 Å². The highest BCUT2D eigenvalue weighted by Gasteiger charge is 2.42. The van der Waals surface area contributed by atoms with Crippen molar-refractivity contribution in [1.82, 2.24) is 4.90 Å². The van der Waals surface area contributed by atoms with Crippen LogP contribution in [0.4, 0.5) is 15.8 Å². The molecule has 1 N–H and O–H groups in total. The molecule has 4 rings (SSSR count). The summed E-state index contributed by atoms with van der Waals surface area (Å²) in [6.45, 7) is 5.77. The third-order valence-electron chi connectivity index (χ3n) is 5.08. The number of nitrogens with one attached hydrogen (secondary N) is 1. The number of para-hydroxylation sites is 1. The smallest absolute Gasteiger partial charge is 0.259 e. The molecular weight excluding hydrogens is 451 g/mol. The van der Waals surface area contributed by atoms with Gasteiger partial charge in [0, 0.05) is 10.6 Å². The number of amidine groups is 2. The summed E-state index contributed by atoms with van der Waals surface area (Å²) in [5.41, 5.74) is 1.52. The SMILES string of the molecule is CC(C)CC1N=C2c3ccccc3N=C(SC(C)C(=O)Nc3ccc(Cl)cc3F)N2C1=O. The van der Waals surface area contributed by atoms with Crippen LogP contribution in [-0.2, 0) is 9.59 Å². The molecule has 2 aromatic rings. The molecule has 2 heterocycles. The molecule has 166 valence electrons. The molecule has 0 bridgehead atoms. The number of benzene rings is 2. The van der Waals surface area contributed by atoms with Crippen LogP contribution >= 0.6 is 23.4 Å². The highest BCUT2D eigenvalue weighted by atomic mass is 35.5. The van der Waals surface area contributed by atoms with E-state index in [1.54, 1.807) is 6.92 Å². The molecule has 0 aromatic heterocycles. The molecular formula is C23H22ClFN4O2S. The first-order valence-corrected chi connectivity index (χ1v) is 11.5. The molecule has 2 aliphatic heterocycles. The summed E-state index contributed by atoms with van der Waals surface area (Å²) in [6, 6.07) is 11.0. The lowest BCUT2D eigenvalue weighted by Crippen LogP contribution is -2.42. The number of aliphatic imine (C=N–C) groups is 2. The highest BCUT2D eigenvalue weighted by Crippen LogP contribution is 2.35. The highest BCUT2D eigenvalue weighted by molar-refractivity contribution is 8.15. The minimum atomic E-state index is -0.646. The normalized spacial score (nSPS) is 18.1. The van der Waals surface area contributed by atoms with E-state index in [9.17, 15) is 14.0 Å². The quantitative estimate of drug-likeness (QED) is 0.646. The molecule has 2 amide bonds. The summed E-state index contributed by atoms with van der Waals surface area (Å²) >= 11 is 6.91. The number of thioether (sulfide) groups is 1. The first-order valence-electron chi connectivity index (χ1n) is 10.3. The lowest BCUT2D eigenvalue weighted by atomic mass is 10.0. The van der Waals surface area contributed by atoms with Gasteiger partial charge in [-0.25, -0.2) is 14.3 Å². The van der Waals surface area contributed by atoms with E-state index in [0.29, 0.717) is 29.0 Å². The Bertz CT molecular complexity index is 1150. The summed E-state index contributed by atoms with van der Waals surface area (Å²) in [7, 11) is 0. The lowest BCUT2D eigenvalue weighted by Gasteiger charge is -2.27. The van der Waals surface area contributed by atoms with E-state index >= 15 is 0 Å². The molecule has 2 aliphatic rings. The van der Waals surface area contributed by atoms with Gasteiger partial charge in [-0.1, -0.05) is 49.3 Å². The summed E-state index contributed by atoms with van der Waals surface area (Å²) in [4.78, 5) is 36.7. The number of nitrogens with zero attached hydrogens (tertiary/aromatic N) is 3. The van der Waals surface area contributed by atoms with Crippen LogP contribution < -0.4 is 5.32 Å². The van der Waals surface area contributed by atoms with Crippen molar-refractivity contribution < 1.29 is 14.0 Å². The number of hydrogen-bond donors (Lipinski definition) is 1. The van der Waals surface area contributed by atoms with E-state index in [0.717, 1.165) is 23.4 Å². The van der Waals surface area contributed by atoms with Gasteiger partial charge in [-0.15, -0.1) is 0 Å². The Morgan fingerprint density at radius 2 is 2.00 bits per heavy atom. The molecule has 0 fully saturated rings. The average molecular weight is 473 g/mol. The van der Waals surface area contributed by atoms with Crippen LogP contribution in [0, 0.1) is 11.7 Å². The fraction of sp³-hybridized carbons (Fsp3) is 0.304. The van der Waals surface area contributed by atoms with Crippen molar-refractivity contribution in [2.45, 2.75) is 38.5 Å². The standard InChI is InChI=1S/C23H22ClFN4O2S/c1-12(2)10-19-22(31)29-20(26-19)15-6-4-5-7-17(15)28-23(29)32-13(3)21(30)27-18-9-8-14(24)11-16(18)25/h4-9,11-13,19H,10H2,1-3H3,(H,27,30). The fourth-order valence-corrected chi connectivity index (χ4v) is 4.59. The lowest BCUT2D eigenvalue weighted by molar-refractivity contribution is -0.125. The summed E-state index contributed by atoms with van der Waals surface area (Å²) < 4.78 is 14.1. The Hall–Kier alpha value is -2.71. The molecule has 2 aromatic carbocycles. The van der Waals surface area contributed by atoms with Gasteiger partial charge >= 0.3 is 0 Å². The van der Waals surface area contributed by atoms with E-state index in [1.165, 1.54) is 17.0 Å². The van der Waals surface area contributed by atoms with Crippen molar-refractivity contribution in [2.75, 3.05) is 5.32 Å². The van der Waals surface area contributed by atoms with Crippen molar-refractivity contribution in [3.8, 4) is 0 Å². The minimum absolute atomic E-state index is 0.0410. The van der Waals surface area contributed by atoms with Crippen molar-refractivity contribution in [3.05, 3.63) is 58.9 Å². The van der Waals surface area contributed by atoms with E-state index in [2.05, 4.69) is 10.3 Å². The molecule has 0 saturated carbocycles. The van der Waals surface area contributed by atoms with Gasteiger partial charge in [0.25, 0.3) is 5.91 Å². The molecule has 0 radical (unpaired) electrons. The third kappa shape index (κ3) is 4.42. The largest absolute Gasteiger partial charge is 0.323 e. The van der Waals surface area contributed by atoms with E-state index < -0.39 is 23.0 Å². The molecule has 0 saturated heterocycles. The Morgan fingerprint density at radius 1 is 1.25 bits per heavy atom. The maximum absolute atomic E-state index is 14.1. The Balaban J connectivity index is 1.58. The van der Waals surface area contributed by atoms with Gasteiger partial charge in [-0.05, 0) is 49.6 Å². The fourth-order valence-electron chi connectivity index (χ4n) is 3.52. The number of rotatable bonds is 5. The van der Waals surface area contributed by atoms with Crippen LogP contribution in [0.15, 0.2) is 52.4 Å². The Labute approximate surface area is 195 Å². The number of fused-ring (bicyclic) bond motifs is 3. The number of halogens is 2. The molecule has 9 heteroatoms. The third-order valence-corrected chi connectivity index (χ3v) is 6.37. The van der Waals surface area contributed by atoms with Gasteiger partial charge in [0.05, 0.1) is 16.6 Å². The molecule has 2 unspecified atom stereocenters. The van der Waals surface area contributed by atoms with Crippen LogP contribution in [-0.4, -0.2) is 39.0 Å². The first kappa shape index (κ1) is 22.5. The van der Waals surface area contributed by atoms with Crippen molar-refractivity contribution in [3.63, 3.8) is 0 Å². The van der Waals surface area contributed by atoms with E-state index in [4.69, 9.17) is 16.6 Å². The van der Waals surface area contributed by atoms with Gasteiger partial charge in [0.15, 0.2) is 5.17 Å². The van der Waals surface area contributed by atoms with Crippen LogP contribution in [0.1, 0.15) is 32.8 Å². The molecule has 32 heavy (non-hydrogen) atoms.